The lowest BCUT2D eigenvalue weighted by Gasteiger charge is -2.59. The summed E-state index contributed by atoms with van der Waals surface area (Å²) in [4.78, 5) is 0. The fourth-order valence-corrected chi connectivity index (χ4v) is 9.16. The van der Waals surface area contributed by atoms with Crippen molar-refractivity contribution in [3.63, 3.8) is 0 Å². The Morgan fingerprint density at radius 1 is 0.857 bits per heavy atom. The van der Waals surface area contributed by atoms with Crippen molar-refractivity contribution in [1.29, 1.82) is 0 Å². The number of hydrogen-bond acceptors (Lipinski definition) is 0. The van der Waals surface area contributed by atoms with E-state index in [2.05, 4.69) is 48.5 Å². The van der Waals surface area contributed by atoms with Gasteiger partial charge in [0.15, 0.2) is 0 Å². The molecule has 0 aliphatic heterocycles. The predicted molar refractivity (Wildman–Crippen MR) is 124 cm³/mol. The number of rotatable bonds is 8. The fraction of sp³-hybridized carbons (Fsp3) is 1.00. The van der Waals surface area contributed by atoms with Crippen molar-refractivity contribution in [1.82, 2.24) is 0 Å². The van der Waals surface area contributed by atoms with Crippen LogP contribution < -0.4 is 0 Å². The van der Waals surface area contributed by atoms with Crippen LogP contribution in [0.3, 0.4) is 0 Å². The second-order valence-corrected chi connectivity index (χ2v) is 12.3. The molecule has 3 aliphatic rings. The van der Waals surface area contributed by atoms with Gasteiger partial charge in [-0.3, -0.25) is 0 Å². The zero-order valence-electron chi connectivity index (χ0n) is 20.5. The van der Waals surface area contributed by atoms with Gasteiger partial charge in [-0.15, -0.1) is 0 Å². The molecule has 164 valence electrons. The zero-order valence-corrected chi connectivity index (χ0v) is 20.5. The lowest BCUT2D eigenvalue weighted by atomic mass is 9.45. The van der Waals surface area contributed by atoms with Gasteiger partial charge in [-0.25, -0.2) is 0 Å². The van der Waals surface area contributed by atoms with Gasteiger partial charge in [0.05, 0.1) is 0 Å². The molecule has 8 unspecified atom stereocenters. The van der Waals surface area contributed by atoms with Crippen LogP contribution in [0.4, 0.5) is 0 Å². The van der Waals surface area contributed by atoms with Crippen molar-refractivity contribution in [2.45, 2.75) is 126 Å². The van der Waals surface area contributed by atoms with E-state index in [9.17, 15) is 0 Å². The first-order chi connectivity index (χ1) is 13.3. The van der Waals surface area contributed by atoms with Crippen LogP contribution in [0, 0.1) is 52.3 Å². The SMILES string of the molecule is CCCC1(C)C(CC)CCC2C1CCC1(C)C(C(C)CCCC(C)C)CCC21. The summed E-state index contributed by atoms with van der Waals surface area (Å²) in [6.45, 7) is 17.7. The molecule has 0 N–H and O–H groups in total. The summed E-state index contributed by atoms with van der Waals surface area (Å²) in [5.41, 5.74) is 1.29. The van der Waals surface area contributed by atoms with Crippen LogP contribution in [0.25, 0.3) is 0 Å². The summed E-state index contributed by atoms with van der Waals surface area (Å²) in [6, 6.07) is 0. The largest absolute Gasteiger partial charge is 0.0654 e. The highest BCUT2D eigenvalue weighted by molar-refractivity contribution is 5.08. The van der Waals surface area contributed by atoms with E-state index >= 15 is 0 Å². The van der Waals surface area contributed by atoms with Gasteiger partial charge in [-0.1, -0.05) is 80.6 Å². The Morgan fingerprint density at radius 2 is 1.61 bits per heavy atom. The molecule has 3 fully saturated rings. The summed E-state index contributed by atoms with van der Waals surface area (Å²) in [6.07, 6.45) is 17.9. The third-order valence-corrected chi connectivity index (χ3v) is 10.5. The predicted octanol–water partition coefficient (Wildman–Crippen LogP) is 9.13. The Balaban J connectivity index is 1.73. The van der Waals surface area contributed by atoms with Crippen molar-refractivity contribution in [2.75, 3.05) is 0 Å². The van der Waals surface area contributed by atoms with E-state index < -0.39 is 0 Å². The van der Waals surface area contributed by atoms with Gasteiger partial charge in [0.1, 0.15) is 0 Å². The van der Waals surface area contributed by atoms with Crippen LogP contribution in [0.1, 0.15) is 126 Å². The van der Waals surface area contributed by atoms with Crippen LogP contribution in [-0.2, 0) is 0 Å². The second kappa shape index (κ2) is 9.01. The lowest BCUT2D eigenvalue weighted by molar-refractivity contribution is -0.104. The Bertz CT molecular complexity index is 492. The maximum atomic E-state index is 2.74. The molecule has 3 rings (SSSR count). The maximum Gasteiger partial charge on any atom is -0.0264 e. The molecule has 0 aromatic carbocycles. The molecule has 8 atom stereocenters. The van der Waals surface area contributed by atoms with Crippen molar-refractivity contribution in [3.05, 3.63) is 0 Å². The Hall–Kier alpha value is 0. The molecule has 0 amide bonds. The highest BCUT2D eigenvalue weighted by Crippen LogP contribution is 2.67. The molecule has 0 nitrogen and oxygen atoms in total. The van der Waals surface area contributed by atoms with Crippen molar-refractivity contribution >= 4 is 0 Å². The van der Waals surface area contributed by atoms with Crippen molar-refractivity contribution in [3.8, 4) is 0 Å². The molecule has 0 heterocycles. The monoisotopic (exact) mass is 388 g/mol. The zero-order chi connectivity index (χ0) is 20.5. The first-order valence-corrected chi connectivity index (χ1v) is 13.3. The standard InChI is InChI=1S/C28H52/c1-8-18-27(6)22(9-2)13-14-23-25-16-15-24(21(5)12-10-11-20(3)4)28(25,7)19-17-26(23)27/h20-26H,8-19H2,1-7H3. The minimum Gasteiger partial charge on any atom is -0.0654 e. The minimum absolute atomic E-state index is 0.634. The summed E-state index contributed by atoms with van der Waals surface area (Å²) < 4.78 is 0. The van der Waals surface area contributed by atoms with Gasteiger partial charge < -0.3 is 0 Å². The number of hydrogen-bond donors (Lipinski definition) is 0. The molecule has 0 spiro atoms. The molecular formula is C28H52. The van der Waals surface area contributed by atoms with E-state index in [0.29, 0.717) is 10.8 Å². The molecule has 0 radical (unpaired) electrons. The van der Waals surface area contributed by atoms with E-state index in [-0.39, 0.29) is 0 Å². The van der Waals surface area contributed by atoms with Gasteiger partial charge >= 0.3 is 0 Å². The molecule has 0 aromatic heterocycles. The summed E-state index contributed by atoms with van der Waals surface area (Å²) >= 11 is 0. The average Bonchev–Trinajstić information content (AvgIpc) is 2.99. The van der Waals surface area contributed by atoms with Crippen LogP contribution in [-0.4, -0.2) is 0 Å². The highest BCUT2D eigenvalue weighted by atomic mass is 14.6. The van der Waals surface area contributed by atoms with Gasteiger partial charge in [0, 0.05) is 0 Å². The quantitative estimate of drug-likeness (QED) is 0.389. The summed E-state index contributed by atoms with van der Waals surface area (Å²) in [5.74, 6) is 6.93. The van der Waals surface area contributed by atoms with E-state index in [1.54, 1.807) is 19.3 Å². The smallest absolute Gasteiger partial charge is 0.0264 e. The van der Waals surface area contributed by atoms with E-state index in [0.717, 1.165) is 41.4 Å². The van der Waals surface area contributed by atoms with Gasteiger partial charge in [0.2, 0.25) is 0 Å². The molecule has 3 saturated carbocycles. The lowest BCUT2D eigenvalue weighted by Crippen LogP contribution is -2.52. The molecule has 0 heteroatoms. The van der Waals surface area contributed by atoms with E-state index in [1.807, 2.05) is 0 Å². The van der Waals surface area contributed by atoms with Crippen LogP contribution in [0.5, 0.6) is 0 Å². The Kier molecular flexibility index (Phi) is 7.30. The molecular weight excluding hydrogens is 336 g/mol. The van der Waals surface area contributed by atoms with E-state index in [4.69, 9.17) is 0 Å². The first kappa shape index (κ1) is 22.7. The molecule has 0 saturated heterocycles. The summed E-state index contributed by atoms with van der Waals surface area (Å²) in [5, 5.41) is 0. The fourth-order valence-electron chi connectivity index (χ4n) is 9.16. The third-order valence-electron chi connectivity index (χ3n) is 10.5. The molecule has 3 aliphatic carbocycles. The molecule has 0 aromatic rings. The van der Waals surface area contributed by atoms with Crippen molar-refractivity contribution in [2.24, 2.45) is 52.3 Å². The highest BCUT2D eigenvalue weighted by Gasteiger charge is 2.59. The van der Waals surface area contributed by atoms with Crippen LogP contribution in [0.15, 0.2) is 0 Å². The van der Waals surface area contributed by atoms with E-state index in [1.165, 1.54) is 57.8 Å². The topological polar surface area (TPSA) is 0 Å². The second-order valence-electron chi connectivity index (χ2n) is 12.3. The van der Waals surface area contributed by atoms with Crippen LogP contribution >= 0.6 is 0 Å². The Labute approximate surface area is 178 Å². The first-order valence-electron chi connectivity index (χ1n) is 13.3. The average molecular weight is 389 g/mol. The minimum atomic E-state index is 0.634. The molecule has 0 bridgehead atoms. The normalized spacial score (nSPS) is 44.4. The summed E-state index contributed by atoms with van der Waals surface area (Å²) in [7, 11) is 0. The maximum absolute atomic E-state index is 2.74. The number of fused-ring (bicyclic) bond motifs is 3. The van der Waals surface area contributed by atoms with Gasteiger partial charge in [-0.2, -0.15) is 0 Å². The Morgan fingerprint density at radius 3 is 2.25 bits per heavy atom. The van der Waals surface area contributed by atoms with Crippen LogP contribution in [0.2, 0.25) is 0 Å². The van der Waals surface area contributed by atoms with Gasteiger partial charge in [-0.05, 0) is 97.2 Å². The van der Waals surface area contributed by atoms with Crippen molar-refractivity contribution < 1.29 is 0 Å². The van der Waals surface area contributed by atoms with Gasteiger partial charge in [0.25, 0.3) is 0 Å². The molecule has 28 heavy (non-hydrogen) atoms. The third kappa shape index (κ3) is 3.97.